The number of nitriles is 1. The van der Waals surface area contributed by atoms with Crippen LogP contribution in [0, 0.1) is 17.2 Å². The van der Waals surface area contributed by atoms with Gasteiger partial charge in [0.2, 0.25) is 5.95 Å². The van der Waals surface area contributed by atoms with Gasteiger partial charge in [0.25, 0.3) is 8.53 Å². The number of aromatic nitrogens is 4. The first-order valence-electron chi connectivity index (χ1n) is 21.0. The molecule has 5 aromatic rings. The molecule has 0 amide bonds. The van der Waals surface area contributed by atoms with E-state index in [2.05, 4.69) is 74.7 Å². The number of anilines is 1. The molecular weight excluding hydrogens is 794 g/mol. The van der Waals surface area contributed by atoms with Crippen molar-refractivity contribution >= 4 is 25.6 Å². The second-order valence-corrected chi connectivity index (χ2v) is 17.8. The van der Waals surface area contributed by atoms with Crippen molar-refractivity contribution in [3.05, 3.63) is 108 Å². The molecule has 6 atom stereocenters. The maximum atomic E-state index is 9.51. The molecule has 15 heteroatoms. The summed E-state index contributed by atoms with van der Waals surface area (Å²) in [5.41, 5.74) is 1.52. The van der Waals surface area contributed by atoms with Crippen molar-refractivity contribution in [2.75, 3.05) is 39.3 Å². The second-order valence-electron chi connectivity index (χ2n) is 16.4. The fourth-order valence-corrected chi connectivity index (χ4v) is 10.1. The molecule has 2 saturated heterocycles. The minimum Gasteiger partial charge on any atom is -0.497 e. The molecule has 0 spiro atoms. The third-order valence-corrected chi connectivity index (χ3v) is 13.4. The van der Waals surface area contributed by atoms with Crippen molar-refractivity contribution < 1.29 is 32.7 Å². The molecule has 3 aromatic carbocycles. The molecule has 61 heavy (non-hydrogen) atoms. The van der Waals surface area contributed by atoms with Gasteiger partial charge < -0.3 is 38.0 Å². The van der Waals surface area contributed by atoms with E-state index in [4.69, 9.17) is 42.7 Å². The van der Waals surface area contributed by atoms with Crippen LogP contribution in [0.2, 0.25) is 0 Å². The molecule has 0 aliphatic carbocycles. The number of fused-ring (bicyclic) bond motifs is 3. The first-order chi connectivity index (χ1) is 29.4. The molecule has 1 unspecified atom stereocenters. The summed E-state index contributed by atoms with van der Waals surface area (Å²) in [5.74, 6) is 2.33. The summed E-state index contributed by atoms with van der Waals surface area (Å²) in [6, 6.07) is 28.4. The zero-order valence-corrected chi connectivity index (χ0v) is 37.4. The molecule has 2 fully saturated rings. The van der Waals surface area contributed by atoms with Gasteiger partial charge in [-0.05, 0) is 81.5 Å². The van der Waals surface area contributed by atoms with Gasteiger partial charge in [-0.3, -0.25) is 4.57 Å². The van der Waals surface area contributed by atoms with E-state index in [-0.39, 0.29) is 31.7 Å². The Morgan fingerprint density at radius 3 is 2.10 bits per heavy atom. The molecule has 0 radical (unpaired) electrons. The SMILES string of the molecule is COc1ccc(C(O[C@H](C)[C@@]23CO[C@@H]([C@H](n4cnc5cnc(NCC(C)C)nc54)O2)[C@@H]3OP(OCCC#N)N(C(C)C)C(C)C)(c2ccccc2)c2ccc(OC)cc2)cc1. The summed E-state index contributed by atoms with van der Waals surface area (Å²) in [6.45, 7) is 15.9. The molecule has 2 aromatic heterocycles. The Labute approximate surface area is 360 Å². The molecule has 7 rings (SSSR count). The largest absolute Gasteiger partial charge is 0.497 e. The van der Waals surface area contributed by atoms with Crippen LogP contribution >= 0.6 is 8.53 Å². The minimum atomic E-state index is -1.72. The number of methoxy groups -OCH3 is 2. The quantitative estimate of drug-likeness (QED) is 0.0453. The van der Waals surface area contributed by atoms with Gasteiger partial charge in [-0.15, -0.1) is 0 Å². The molecule has 0 saturated carbocycles. The minimum absolute atomic E-state index is 0.0661. The Hall–Kier alpha value is -4.71. The topological polar surface area (TPSA) is 147 Å². The molecule has 4 heterocycles. The first-order valence-corrected chi connectivity index (χ1v) is 22.1. The number of hydrogen-bond acceptors (Lipinski definition) is 13. The Balaban J connectivity index is 1.38. The van der Waals surface area contributed by atoms with Crippen LogP contribution in [-0.2, 0) is 28.9 Å². The van der Waals surface area contributed by atoms with Gasteiger partial charge in [0.15, 0.2) is 11.9 Å². The lowest BCUT2D eigenvalue weighted by atomic mass is 9.79. The summed E-state index contributed by atoms with van der Waals surface area (Å²) in [6.07, 6.45) is 0.945. The van der Waals surface area contributed by atoms with E-state index in [0.717, 1.165) is 28.2 Å². The van der Waals surface area contributed by atoms with Crippen molar-refractivity contribution in [1.82, 2.24) is 24.2 Å². The normalized spacial score (nSPS) is 21.1. The monoisotopic (exact) mass is 851 g/mol. The van der Waals surface area contributed by atoms with E-state index in [1.165, 1.54) is 0 Å². The van der Waals surface area contributed by atoms with E-state index in [1.54, 1.807) is 26.7 Å². The highest BCUT2D eigenvalue weighted by Gasteiger charge is 2.68. The number of imidazole rings is 1. The molecule has 2 aliphatic heterocycles. The first kappa shape index (κ1) is 44.3. The molecular formula is C46H58N7O7P. The van der Waals surface area contributed by atoms with Crippen molar-refractivity contribution in [2.45, 2.75) is 103 Å². The molecule has 14 nitrogen and oxygen atoms in total. The summed E-state index contributed by atoms with van der Waals surface area (Å²) in [4.78, 5) is 14.1. The average molecular weight is 852 g/mol. The van der Waals surface area contributed by atoms with E-state index < -0.39 is 44.3 Å². The van der Waals surface area contributed by atoms with Crippen LogP contribution in [0.5, 0.6) is 11.5 Å². The highest BCUT2D eigenvalue weighted by atomic mass is 31.2. The predicted molar refractivity (Wildman–Crippen MR) is 234 cm³/mol. The third kappa shape index (κ3) is 8.84. The van der Waals surface area contributed by atoms with Crippen LogP contribution in [0.1, 0.15) is 77.8 Å². The highest BCUT2D eigenvalue weighted by Crippen LogP contribution is 2.58. The highest BCUT2D eigenvalue weighted by molar-refractivity contribution is 7.44. The van der Waals surface area contributed by atoms with Crippen LogP contribution in [0.3, 0.4) is 0 Å². The zero-order valence-electron chi connectivity index (χ0n) is 36.5. The summed E-state index contributed by atoms with van der Waals surface area (Å²) < 4.78 is 51.1. The van der Waals surface area contributed by atoms with E-state index in [0.29, 0.717) is 29.6 Å². The van der Waals surface area contributed by atoms with Crippen molar-refractivity contribution in [1.29, 1.82) is 5.26 Å². The van der Waals surface area contributed by atoms with Crippen LogP contribution in [0.15, 0.2) is 91.4 Å². The van der Waals surface area contributed by atoms with Gasteiger partial charge in [-0.1, -0.05) is 68.4 Å². The lowest BCUT2D eigenvalue weighted by Crippen LogP contribution is -2.54. The summed E-state index contributed by atoms with van der Waals surface area (Å²) in [5, 5.41) is 12.9. The van der Waals surface area contributed by atoms with Crippen LogP contribution in [0.4, 0.5) is 5.95 Å². The van der Waals surface area contributed by atoms with Crippen LogP contribution in [-0.4, -0.2) is 94.2 Å². The maximum absolute atomic E-state index is 9.51. The Morgan fingerprint density at radius 2 is 1.52 bits per heavy atom. The molecule has 2 bridgehead atoms. The van der Waals surface area contributed by atoms with Crippen LogP contribution < -0.4 is 14.8 Å². The van der Waals surface area contributed by atoms with Gasteiger partial charge in [-0.2, -0.15) is 10.2 Å². The Bertz CT molecular complexity index is 2180. The molecule has 324 valence electrons. The van der Waals surface area contributed by atoms with Gasteiger partial charge >= 0.3 is 0 Å². The van der Waals surface area contributed by atoms with E-state index in [9.17, 15) is 5.26 Å². The number of ether oxygens (including phenoxy) is 5. The lowest BCUT2D eigenvalue weighted by Gasteiger charge is -2.44. The number of benzene rings is 3. The molecule has 2 aliphatic rings. The lowest BCUT2D eigenvalue weighted by molar-refractivity contribution is -0.228. The number of hydrogen-bond donors (Lipinski definition) is 1. The fraction of sp³-hybridized carbons (Fsp3) is 0.478. The number of rotatable bonds is 20. The Kier molecular flexibility index (Phi) is 13.9. The number of nitrogens with zero attached hydrogens (tertiary/aromatic N) is 6. The van der Waals surface area contributed by atoms with Gasteiger partial charge in [-0.25, -0.2) is 14.6 Å². The summed E-state index contributed by atoms with van der Waals surface area (Å²) in [7, 11) is 1.59. The Morgan fingerprint density at radius 1 is 0.902 bits per heavy atom. The van der Waals surface area contributed by atoms with Crippen molar-refractivity contribution in [2.24, 2.45) is 5.92 Å². The average Bonchev–Trinajstić information content (AvgIpc) is 3.95. The maximum Gasteiger partial charge on any atom is 0.259 e. The van der Waals surface area contributed by atoms with Crippen molar-refractivity contribution in [3.63, 3.8) is 0 Å². The smallest absolute Gasteiger partial charge is 0.259 e. The van der Waals surface area contributed by atoms with Crippen molar-refractivity contribution in [3.8, 4) is 17.6 Å². The molecule has 1 N–H and O–H groups in total. The van der Waals surface area contributed by atoms with E-state index >= 15 is 0 Å². The summed E-state index contributed by atoms with van der Waals surface area (Å²) >= 11 is 0. The van der Waals surface area contributed by atoms with E-state index in [1.807, 2.05) is 78.2 Å². The van der Waals surface area contributed by atoms with Crippen LogP contribution in [0.25, 0.3) is 11.2 Å². The third-order valence-electron chi connectivity index (χ3n) is 11.2. The van der Waals surface area contributed by atoms with Gasteiger partial charge in [0.1, 0.15) is 40.4 Å². The number of nitrogens with one attached hydrogen (secondary N) is 1. The standard InChI is InChI=1S/C46H58N7O7P/c1-30(2)26-48-44-49-27-39-42(51-44)52(29-50-39)43-40-41(60-61(57-25-13-24-47)53(31(3)4)32(5)6)45(59-43,28-56-40)33(7)58-46(34-14-11-10-12-15-34,35-16-20-37(54-8)21-17-35)36-18-22-38(55-9)23-19-36/h10-12,14-23,27,29-33,40-41,43H,13,25-26,28H2,1-9H3,(H,48,49,51)/t33-,40-,41+,43-,45-,61?/m1/s1. The second kappa shape index (κ2) is 19.1. The van der Waals surface area contributed by atoms with Gasteiger partial charge in [0.05, 0.1) is 58.6 Å². The predicted octanol–water partition coefficient (Wildman–Crippen LogP) is 8.64. The zero-order chi connectivity index (χ0) is 43.3. The van der Waals surface area contributed by atoms with Gasteiger partial charge in [0, 0.05) is 18.6 Å². The fourth-order valence-electron chi connectivity index (χ4n) is 8.29.